The van der Waals surface area contributed by atoms with Gasteiger partial charge in [0.05, 0.1) is 34.8 Å². The third-order valence-corrected chi connectivity index (χ3v) is 13.7. The number of benzene rings is 2. The summed E-state index contributed by atoms with van der Waals surface area (Å²) >= 11 is 6.58. The summed E-state index contributed by atoms with van der Waals surface area (Å²) in [5.74, 6) is -4.58. The average molecular weight is 915 g/mol. The first kappa shape index (κ1) is 44.0. The molecule has 0 bridgehead atoms. The molecular weight excluding hydrogens is 866 g/mol. The summed E-state index contributed by atoms with van der Waals surface area (Å²) in [6.07, 6.45) is 3.50. The first-order chi connectivity index (χ1) is 31.0. The van der Waals surface area contributed by atoms with Gasteiger partial charge in [0, 0.05) is 75.5 Å². The Morgan fingerprint density at radius 3 is 2.42 bits per heavy atom. The molecule has 4 aromatic rings. The Hall–Kier alpha value is -6.21. The first-order valence-electron chi connectivity index (χ1n) is 21.8. The SMILES string of the molecule is CNC(=O)COc1cc2cc(Nc3nc(N4CCC(CN5CC6(CCN(c7ccc8c(c7)C(=O)N(C7CCC(=O)NC7=O)C8=O)CC6(F)F)C5)CC4)ncc3Cl)ccc2n(C(C)C)c1=O. The van der Waals surface area contributed by atoms with E-state index in [9.17, 15) is 28.8 Å². The topological polar surface area (TPSA) is 191 Å². The number of aromatic nitrogens is 3. The van der Waals surface area contributed by atoms with Gasteiger partial charge in [-0.2, -0.15) is 4.98 Å². The number of nitrogens with zero attached hydrogens (tertiary/aromatic N) is 7. The molecule has 1 unspecified atom stereocenters. The van der Waals surface area contributed by atoms with Gasteiger partial charge < -0.3 is 34.6 Å². The minimum absolute atomic E-state index is 0.00150. The lowest BCUT2D eigenvalue weighted by molar-refractivity contribution is -0.200. The molecule has 0 aliphatic carbocycles. The maximum absolute atomic E-state index is 16.1. The molecule has 342 valence electrons. The van der Waals surface area contributed by atoms with Crippen LogP contribution in [-0.2, 0) is 14.4 Å². The minimum Gasteiger partial charge on any atom is -0.478 e. The Morgan fingerprint density at radius 1 is 0.954 bits per heavy atom. The monoisotopic (exact) mass is 914 g/mol. The molecule has 4 fully saturated rings. The Morgan fingerprint density at radius 2 is 1.71 bits per heavy atom. The lowest BCUT2D eigenvalue weighted by Crippen LogP contribution is -2.70. The number of piperidine rings is 3. The van der Waals surface area contributed by atoms with Crippen molar-refractivity contribution in [3.8, 4) is 5.75 Å². The van der Waals surface area contributed by atoms with Gasteiger partial charge in [0.15, 0.2) is 18.2 Å². The second kappa shape index (κ2) is 17.0. The van der Waals surface area contributed by atoms with Crippen molar-refractivity contribution < 1.29 is 37.5 Å². The summed E-state index contributed by atoms with van der Waals surface area (Å²) in [5.41, 5.74) is 0.445. The van der Waals surface area contributed by atoms with Crippen LogP contribution in [0.4, 0.5) is 31.9 Å². The van der Waals surface area contributed by atoms with Crippen molar-refractivity contribution in [2.24, 2.45) is 11.3 Å². The number of imide groups is 2. The van der Waals surface area contributed by atoms with Crippen LogP contribution in [0.25, 0.3) is 10.9 Å². The van der Waals surface area contributed by atoms with Gasteiger partial charge in [-0.1, -0.05) is 11.6 Å². The normalized spacial score (nSPS) is 20.9. The van der Waals surface area contributed by atoms with Crippen LogP contribution in [0.2, 0.25) is 5.02 Å². The number of hydrogen-bond donors (Lipinski definition) is 3. The largest absolute Gasteiger partial charge is 0.478 e. The Labute approximate surface area is 377 Å². The summed E-state index contributed by atoms with van der Waals surface area (Å²) in [4.78, 5) is 91.6. The van der Waals surface area contributed by atoms with Crippen LogP contribution in [0.5, 0.6) is 5.75 Å². The number of likely N-dealkylation sites (N-methyl/N-ethyl adjacent to an activating group) is 1. The molecule has 5 aliphatic rings. The number of alkyl halides is 2. The molecule has 0 radical (unpaired) electrons. The standard InChI is InChI=1S/C45H49ClF2N10O7/c1-25(2)57-33-7-4-28(16-27(33)17-35(42(57)64)65-21-37(60)49-3)51-38-32(46)19-50-43(53-38)55-13-10-26(11-14-55)20-54-22-44(23-54)12-15-56(24-45(44,47)48)29-5-6-30-31(18-29)41(63)58(40(30)62)34-8-9-36(59)52-39(34)61/h4-7,16-19,25-26,34H,8-15,20-24H2,1-3H3,(H,49,60)(H,50,51,53)(H,52,59,61). The van der Waals surface area contributed by atoms with Gasteiger partial charge in [0.1, 0.15) is 11.1 Å². The predicted octanol–water partition coefficient (Wildman–Crippen LogP) is 4.36. The van der Waals surface area contributed by atoms with E-state index in [-0.39, 0.29) is 73.3 Å². The number of likely N-dealkylation sites (tertiary alicyclic amines) is 1. The highest BCUT2D eigenvalue weighted by Gasteiger charge is 2.62. The molecule has 9 rings (SSSR count). The summed E-state index contributed by atoms with van der Waals surface area (Å²) in [6.45, 7) is 5.97. The molecule has 65 heavy (non-hydrogen) atoms. The molecule has 2 aromatic carbocycles. The lowest BCUT2D eigenvalue weighted by atomic mass is 9.68. The second-order valence-corrected chi connectivity index (χ2v) is 18.3. The zero-order valence-corrected chi connectivity index (χ0v) is 36.9. The van der Waals surface area contributed by atoms with Gasteiger partial charge in [-0.15, -0.1) is 0 Å². The fraction of sp³-hybridized carbons (Fsp3) is 0.467. The maximum Gasteiger partial charge on any atom is 0.293 e. The number of amides is 5. The van der Waals surface area contributed by atoms with E-state index in [1.165, 1.54) is 19.2 Å². The number of halogens is 3. The van der Waals surface area contributed by atoms with Crippen LogP contribution < -0.4 is 36.0 Å². The average Bonchev–Trinajstić information content (AvgIpc) is 3.51. The van der Waals surface area contributed by atoms with Gasteiger partial charge in [-0.25, -0.2) is 13.8 Å². The molecule has 20 heteroatoms. The zero-order valence-electron chi connectivity index (χ0n) is 36.2. The van der Waals surface area contributed by atoms with Gasteiger partial charge >= 0.3 is 0 Å². The van der Waals surface area contributed by atoms with Crippen molar-refractivity contribution in [3.05, 3.63) is 75.2 Å². The number of hydrogen-bond acceptors (Lipinski definition) is 13. The molecule has 1 spiro atoms. The van der Waals surface area contributed by atoms with Crippen LogP contribution >= 0.6 is 11.6 Å². The van der Waals surface area contributed by atoms with E-state index in [2.05, 4.69) is 30.7 Å². The molecule has 4 saturated heterocycles. The molecule has 2 aromatic heterocycles. The van der Waals surface area contributed by atoms with E-state index in [0.29, 0.717) is 71.2 Å². The molecule has 17 nitrogen and oxygen atoms in total. The highest BCUT2D eigenvalue weighted by atomic mass is 35.5. The third kappa shape index (κ3) is 8.12. The second-order valence-electron chi connectivity index (χ2n) is 17.9. The molecule has 1 atom stereocenters. The molecule has 5 aliphatic heterocycles. The predicted molar refractivity (Wildman–Crippen MR) is 237 cm³/mol. The zero-order chi connectivity index (χ0) is 45.9. The highest BCUT2D eigenvalue weighted by Crippen LogP contribution is 2.51. The highest BCUT2D eigenvalue weighted by molar-refractivity contribution is 6.33. The summed E-state index contributed by atoms with van der Waals surface area (Å²) < 4.78 is 39.4. The number of fused-ring (bicyclic) bond motifs is 2. The maximum atomic E-state index is 16.1. The van der Waals surface area contributed by atoms with E-state index in [0.717, 1.165) is 17.7 Å². The lowest BCUT2D eigenvalue weighted by Gasteiger charge is -2.58. The number of carbonyl (C=O) groups excluding carboxylic acids is 5. The summed E-state index contributed by atoms with van der Waals surface area (Å²) in [6, 6.07) is 10.3. The van der Waals surface area contributed by atoms with E-state index in [4.69, 9.17) is 21.3 Å². The fourth-order valence-electron chi connectivity index (χ4n) is 9.87. The quantitative estimate of drug-likeness (QED) is 0.180. The van der Waals surface area contributed by atoms with Crippen LogP contribution in [0.1, 0.15) is 72.7 Å². The van der Waals surface area contributed by atoms with Crippen molar-refractivity contribution in [1.82, 2.24) is 35.0 Å². The van der Waals surface area contributed by atoms with E-state index < -0.39 is 47.6 Å². The number of ether oxygens (including phenoxy) is 1. The minimum atomic E-state index is -3.01. The van der Waals surface area contributed by atoms with Gasteiger partial charge in [0.25, 0.3) is 29.2 Å². The summed E-state index contributed by atoms with van der Waals surface area (Å²) in [5, 5.41) is 8.98. The van der Waals surface area contributed by atoms with Crippen LogP contribution in [0, 0.1) is 11.3 Å². The molecule has 0 saturated carbocycles. The number of rotatable bonds is 11. The van der Waals surface area contributed by atoms with E-state index in [1.54, 1.807) is 27.8 Å². The van der Waals surface area contributed by atoms with Crippen molar-refractivity contribution in [2.45, 2.75) is 64.0 Å². The first-order valence-corrected chi connectivity index (χ1v) is 22.2. The number of pyridine rings is 1. The van der Waals surface area contributed by atoms with Gasteiger partial charge in [-0.05, 0) is 87.9 Å². The summed E-state index contributed by atoms with van der Waals surface area (Å²) in [7, 11) is 1.49. The van der Waals surface area contributed by atoms with Crippen LogP contribution in [-0.4, -0.2) is 125 Å². The van der Waals surface area contributed by atoms with Crippen molar-refractivity contribution in [2.75, 3.05) is 74.6 Å². The number of anilines is 4. The Balaban J connectivity index is 0.788. The van der Waals surface area contributed by atoms with Crippen LogP contribution in [0.3, 0.4) is 0 Å². The molecule has 7 heterocycles. The molecule has 5 amide bonds. The Bertz CT molecular complexity index is 2680. The number of nitrogens with one attached hydrogen (secondary N) is 3. The van der Waals surface area contributed by atoms with Crippen molar-refractivity contribution in [1.29, 1.82) is 0 Å². The number of carbonyl (C=O) groups is 5. The fourth-order valence-corrected chi connectivity index (χ4v) is 10.0. The Kier molecular flexibility index (Phi) is 11.5. The van der Waals surface area contributed by atoms with E-state index >= 15 is 8.78 Å². The van der Waals surface area contributed by atoms with Gasteiger partial charge in [-0.3, -0.25) is 39.0 Å². The third-order valence-electron chi connectivity index (χ3n) is 13.4. The molecular formula is C45H49ClF2N10O7. The smallest absolute Gasteiger partial charge is 0.293 e. The van der Waals surface area contributed by atoms with Crippen molar-refractivity contribution >= 4 is 75.2 Å². The van der Waals surface area contributed by atoms with E-state index in [1.807, 2.05) is 32.0 Å². The van der Waals surface area contributed by atoms with Gasteiger partial charge in [0.2, 0.25) is 17.8 Å². The van der Waals surface area contributed by atoms with Crippen molar-refractivity contribution in [3.63, 3.8) is 0 Å². The van der Waals surface area contributed by atoms with Crippen LogP contribution in [0.15, 0.2) is 53.5 Å². The molecule has 3 N–H and O–H groups in total.